The molecule has 2 aromatic heterocycles. The molecule has 0 saturated carbocycles. The first-order chi connectivity index (χ1) is 13.0. The smallest absolute Gasteiger partial charge is 0.233 e. The highest BCUT2D eigenvalue weighted by atomic mass is 32.2. The molecule has 0 aliphatic carbocycles. The van der Waals surface area contributed by atoms with Gasteiger partial charge < -0.3 is 9.32 Å². The Morgan fingerprint density at radius 1 is 1.37 bits per heavy atom. The highest BCUT2D eigenvalue weighted by Gasteiger charge is 2.18. The van der Waals surface area contributed by atoms with Gasteiger partial charge in [0.25, 0.3) is 0 Å². The molecule has 0 bridgehead atoms. The summed E-state index contributed by atoms with van der Waals surface area (Å²) >= 11 is 1.14. The van der Waals surface area contributed by atoms with Crippen LogP contribution in [0.4, 0.5) is 0 Å². The summed E-state index contributed by atoms with van der Waals surface area (Å²) in [6.07, 6.45) is 1.74. The van der Waals surface area contributed by atoms with Crippen molar-refractivity contribution in [3.8, 4) is 12.1 Å². The first-order valence-corrected chi connectivity index (χ1v) is 9.17. The molecule has 2 heterocycles. The lowest BCUT2D eigenvalue weighted by atomic mass is 10.1. The van der Waals surface area contributed by atoms with Crippen LogP contribution in [0.2, 0.25) is 0 Å². The molecule has 1 amide bonds. The Bertz CT molecular complexity index is 910. The monoisotopic (exact) mass is 382 g/mol. The van der Waals surface area contributed by atoms with Gasteiger partial charge >= 0.3 is 0 Å². The van der Waals surface area contributed by atoms with Crippen molar-refractivity contribution in [3.63, 3.8) is 0 Å². The number of ketones is 1. The molecule has 8 heteroatoms. The number of rotatable bonds is 8. The summed E-state index contributed by atoms with van der Waals surface area (Å²) in [5.74, 6) is 0.340. The molecule has 27 heavy (non-hydrogen) atoms. The van der Waals surface area contributed by atoms with Crippen LogP contribution in [0.25, 0.3) is 0 Å². The lowest BCUT2D eigenvalue weighted by Gasteiger charge is -2.20. The number of nitriles is 2. The van der Waals surface area contributed by atoms with E-state index in [9.17, 15) is 14.9 Å². The number of carbonyl (C=O) groups is 2. The van der Waals surface area contributed by atoms with Crippen LogP contribution in [-0.4, -0.2) is 33.9 Å². The molecular weight excluding hydrogens is 364 g/mol. The van der Waals surface area contributed by atoms with Gasteiger partial charge in [-0.25, -0.2) is 4.98 Å². The van der Waals surface area contributed by atoms with Gasteiger partial charge in [0.05, 0.1) is 36.6 Å². The number of Topliss-reactive ketones (excluding diaryl/α,β-unsaturated/α-hetero) is 1. The van der Waals surface area contributed by atoms with Crippen LogP contribution in [0.15, 0.2) is 33.9 Å². The van der Waals surface area contributed by atoms with Crippen molar-refractivity contribution >= 4 is 23.5 Å². The van der Waals surface area contributed by atoms with Gasteiger partial charge in [-0.1, -0.05) is 11.8 Å². The Hall–Kier alpha value is -3.10. The number of carbonyl (C=O) groups excluding carboxylic acids is 2. The summed E-state index contributed by atoms with van der Waals surface area (Å²) in [5, 5.41) is 18.5. The SMILES string of the molecule is CC(=O)c1cc(C#N)c(SCC(=O)N(CCC#N)Cc2ccco2)nc1C. The molecule has 0 spiro atoms. The normalized spacial score (nSPS) is 10.1. The van der Waals surface area contributed by atoms with Gasteiger partial charge in [0, 0.05) is 17.8 Å². The van der Waals surface area contributed by atoms with E-state index < -0.39 is 0 Å². The fourth-order valence-electron chi connectivity index (χ4n) is 2.42. The number of aryl methyl sites for hydroxylation is 1. The summed E-state index contributed by atoms with van der Waals surface area (Å²) in [7, 11) is 0. The molecule has 7 nitrogen and oxygen atoms in total. The molecule has 2 aromatic rings. The van der Waals surface area contributed by atoms with Gasteiger partial charge in [0.2, 0.25) is 5.91 Å². The molecule has 0 aliphatic heterocycles. The number of hydrogen-bond donors (Lipinski definition) is 0. The third-order valence-corrected chi connectivity index (χ3v) is 4.76. The second-order valence-electron chi connectivity index (χ2n) is 5.73. The van der Waals surface area contributed by atoms with Gasteiger partial charge in [-0.15, -0.1) is 0 Å². The van der Waals surface area contributed by atoms with Crippen LogP contribution in [0.5, 0.6) is 0 Å². The molecule has 0 unspecified atom stereocenters. The average molecular weight is 382 g/mol. The number of hydrogen-bond acceptors (Lipinski definition) is 7. The molecule has 2 rings (SSSR count). The van der Waals surface area contributed by atoms with Crippen LogP contribution in [-0.2, 0) is 11.3 Å². The summed E-state index contributed by atoms with van der Waals surface area (Å²) in [6, 6.07) is 9.06. The number of furan rings is 1. The summed E-state index contributed by atoms with van der Waals surface area (Å²) < 4.78 is 5.27. The van der Waals surface area contributed by atoms with Crippen molar-refractivity contribution in [2.24, 2.45) is 0 Å². The largest absolute Gasteiger partial charge is 0.467 e. The Morgan fingerprint density at radius 3 is 2.74 bits per heavy atom. The van der Waals surface area contributed by atoms with Crippen molar-refractivity contribution in [2.45, 2.75) is 31.8 Å². The predicted octanol–water partition coefficient (Wildman–Crippen LogP) is 3.09. The molecular formula is C19H18N4O3S. The van der Waals surface area contributed by atoms with Gasteiger partial charge in [-0.2, -0.15) is 10.5 Å². The third-order valence-electron chi connectivity index (χ3n) is 3.78. The fourth-order valence-corrected chi connectivity index (χ4v) is 3.32. The molecule has 0 aromatic carbocycles. The predicted molar refractivity (Wildman–Crippen MR) is 98.8 cm³/mol. The summed E-state index contributed by atoms with van der Waals surface area (Å²) in [6.45, 7) is 3.68. The van der Waals surface area contributed by atoms with Gasteiger partial charge in [0.15, 0.2) is 5.78 Å². The molecule has 0 radical (unpaired) electrons. The third kappa shape index (κ3) is 5.44. The molecule has 0 atom stereocenters. The van der Waals surface area contributed by atoms with Crippen LogP contribution in [0.1, 0.15) is 40.7 Å². The minimum Gasteiger partial charge on any atom is -0.467 e. The topological polar surface area (TPSA) is 111 Å². The van der Waals surface area contributed by atoms with Crippen molar-refractivity contribution in [1.82, 2.24) is 9.88 Å². The fraction of sp³-hybridized carbons (Fsp3) is 0.316. The van der Waals surface area contributed by atoms with Crippen molar-refractivity contribution < 1.29 is 14.0 Å². The Balaban J connectivity index is 2.12. The molecule has 0 N–H and O–H groups in total. The zero-order valence-electron chi connectivity index (χ0n) is 15.1. The zero-order valence-corrected chi connectivity index (χ0v) is 15.9. The molecule has 0 fully saturated rings. The van der Waals surface area contributed by atoms with E-state index in [4.69, 9.17) is 9.68 Å². The average Bonchev–Trinajstić information content (AvgIpc) is 3.16. The van der Waals surface area contributed by atoms with E-state index in [1.165, 1.54) is 24.2 Å². The molecule has 0 saturated heterocycles. The van der Waals surface area contributed by atoms with Crippen molar-refractivity contribution in [3.05, 3.63) is 47.0 Å². The van der Waals surface area contributed by atoms with Gasteiger partial charge in [0.1, 0.15) is 16.9 Å². The van der Waals surface area contributed by atoms with E-state index in [0.717, 1.165) is 11.8 Å². The van der Waals surface area contributed by atoms with Crippen LogP contribution in [0.3, 0.4) is 0 Å². The van der Waals surface area contributed by atoms with E-state index in [1.807, 2.05) is 12.1 Å². The molecule has 138 valence electrons. The minimum absolute atomic E-state index is 0.0622. The van der Waals surface area contributed by atoms with E-state index in [0.29, 0.717) is 22.0 Å². The van der Waals surface area contributed by atoms with Crippen LogP contribution in [0, 0.1) is 29.6 Å². The lowest BCUT2D eigenvalue weighted by Crippen LogP contribution is -2.32. The van der Waals surface area contributed by atoms with Crippen LogP contribution < -0.4 is 0 Å². The van der Waals surface area contributed by atoms with E-state index in [2.05, 4.69) is 4.98 Å². The maximum atomic E-state index is 12.6. The highest BCUT2D eigenvalue weighted by Crippen LogP contribution is 2.24. The lowest BCUT2D eigenvalue weighted by molar-refractivity contribution is -0.129. The van der Waals surface area contributed by atoms with Gasteiger partial charge in [-0.05, 0) is 32.0 Å². The minimum atomic E-state index is -0.189. The first kappa shape index (κ1) is 20.2. The van der Waals surface area contributed by atoms with E-state index in [-0.39, 0.29) is 42.5 Å². The Kier molecular flexibility index (Phi) is 7.16. The van der Waals surface area contributed by atoms with E-state index >= 15 is 0 Å². The number of amides is 1. The van der Waals surface area contributed by atoms with E-state index in [1.54, 1.807) is 19.1 Å². The second kappa shape index (κ2) is 9.56. The summed E-state index contributed by atoms with van der Waals surface area (Å²) in [4.78, 5) is 30.1. The number of thioether (sulfide) groups is 1. The van der Waals surface area contributed by atoms with Crippen molar-refractivity contribution in [2.75, 3.05) is 12.3 Å². The van der Waals surface area contributed by atoms with Crippen molar-refractivity contribution in [1.29, 1.82) is 10.5 Å². The van der Waals surface area contributed by atoms with Gasteiger partial charge in [-0.3, -0.25) is 9.59 Å². The summed E-state index contributed by atoms with van der Waals surface area (Å²) in [5.41, 5.74) is 1.18. The number of pyridine rings is 1. The molecule has 0 aliphatic rings. The van der Waals surface area contributed by atoms with Crippen LogP contribution >= 0.6 is 11.8 Å². The Labute approximate surface area is 161 Å². The number of nitrogens with zero attached hydrogens (tertiary/aromatic N) is 4. The maximum Gasteiger partial charge on any atom is 0.233 e. The second-order valence-corrected chi connectivity index (χ2v) is 6.70. The first-order valence-electron chi connectivity index (χ1n) is 8.18. The Morgan fingerprint density at radius 2 is 2.15 bits per heavy atom. The highest BCUT2D eigenvalue weighted by molar-refractivity contribution is 8.00. The quantitative estimate of drug-likeness (QED) is 0.509. The maximum absolute atomic E-state index is 12.6. The number of aromatic nitrogens is 1. The standard InChI is InChI=1S/C19H18N4O3S/c1-13-17(14(2)24)9-15(10-21)19(22-13)27-12-18(25)23(7-4-6-20)11-16-5-3-8-26-16/h3,5,8-9H,4,7,11-12H2,1-2H3. The zero-order chi connectivity index (χ0) is 19.8.